The SMILES string of the molecule is CCCNC(CS(C)(=O)=O)c1nccn1CCC. The fraction of sp³-hybridized carbons (Fsp3) is 0.750. The molecule has 0 radical (unpaired) electrons. The molecule has 0 saturated heterocycles. The monoisotopic (exact) mass is 273 g/mol. The van der Waals surface area contributed by atoms with E-state index in [1.165, 1.54) is 6.26 Å². The third-order valence-corrected chi connectivity index (χ3v) is 3.57. The van der Waals surface area contributed by atoms with E-state index in [4.69, 9.17) is 0 Å². The van der Waals surface area contributed by atoms with Gasteiger partial charge in [-0.1, -0.05) is 13.8 Å². The first kappa shape index (κ1) is 15.2. The molecule has 1 atom stereocenters. The van der Waals surface area contributed by atoms with Gasteiger partial charge in [0.05, 0.1) is 11.8 Å². The molecule has 0 spiro atoms. The number of rotatable bonds is 8. The number of imidazole rings is 1. The quantitative estimate of drug-likeness (QED) is 0.777. The van der Waals surface area contributed by atoms with E-state index in [0.29, 0.717) is 0 Å². The molecule has 0 aliphatic rings. The van der Waals surface area contributed by atoms with Crippen molar-refractivity contribution in [2.45, 2.75) is 39.3 Å². The smallest absolute Gasteiger partial charge is 0.149 e. The molecule has 0 bridgehead atoms. The summed E-state index contributed by atoms with van der Waals surface area (Å²) < 4.78 is 25.0. The molecular formula is C12H23N3O2S. The Morgan fingerprint density at radius 2 is 2.11 bits per heavy atom. The first-order valence-electron chi connectivity index (χ1n) is 6.40. The minimum atomic E-state index is -3.03. The van der Waals surface area contributed by atoms with E-state index < -0.39 is 9.84 Å². The summed E-state index contributed by atoms with van der Waals surface area (Å²) in [6.07, 6.45) is 6.87. The van der Waals surface area contributed by atoms with Crippen molar-refractivity contribution in [3.05, 3.63) is 18.2 Å². The molecule has 18 heavy (non-hydrogen) atoms. The van der Waals surface area contributed by atoms with Gasteiger partial charge in [-0.25, -0.2) is 13.4 Å². The highest BCUT2D eigenvalue weighted by Gasteiger charge is 2.20. The maximum absolute atomic E-state index is 11.5. The van der Waals surface area contributed by atoms with Gasteiger partial charge < -0.3 is 9.88 Å². The number of nitrogens with zero attached hydrogens (tertiary/aromatic N) is 2. The lowest BCUT2D eigenvalue weighted by Gasteiger charge is -2.18. The summed E-state index contributed by atoms with van der Waals surface area (Å²) in [4.78, 5) is 4.31. The second-order valence-corrected chi connectivity index (χ2v) is 6.76. The topological polar surface area (TPSA) is 64.0 Å². The van der Waals surface area contributed by atoms with Crippen LogP contribution in [0.3, 0.4) is 0 Å². The molecule has 1 aromatic rings. The van der Waals surface area contributed by atoms with Crippen LogP contribution in [-0.4, -0.2) is 36.5 Å². The van der Waals surface area contributed by atoms with Gasteiger partial charge in [-0.2, -0.15) is 0 Å². The normalized spacial score (nSPS) is 13.7. The van der Waals surface area contributed by atoms with Gasteiger partial charge in [0.1, 0.15) is 15.7 Å². The predicted octanol–water partition coefficient (Wildman–Crippen LogP) is 1.38. The summed E-state index contributed by atoms with van der Waals surface area (Å²) in [5, 5.41) is 3.26. The highest BCUT2D eigenvalue weighted by molar-refractivity contribution is 7.90. The van der Waals surface area contributed by atoms with Crippen molar-refractivity contribution >= 4 is 9.84 Å². The van der Waals surface area contributed by atoms with Gasteiger partial charge in [0, 0.05) is 25.2 Å². The molecule has 1 heterocycles. The number of aromatic nitrogens is 2. The first-order valence-corrected chi connectivity index (χ1v) is 8.46. The number of hydrogen-bond acceptors (Lipinski definition) is 4. The minimum absolute atomic E-state index is 0.0910. The summed E-state index contributed by atoms with van der Waals surface area (Å²) in [5.74, 6) is 0.906. The van der Waals surface area contributed by atoms with Crippen molar-refractivity contribution in [2.75, 3.05) is 18.6 Å². The summed E-state index contributed by atoms with van der Waals surface area (Å²) in [7, 11) is -3.03. The van der Waals surface area contributed by atoms with Crippen LogP contribution in [0, 0.1) is 0 Å². The largest absolute Gasteiger partial charge is 0.334 e. The van der Waals surface area contributed by atoms with Crippen molar-refractivity contribution in [1.82, 2.24) is 14.9 Å². The van der Waals surface area contributed by atoms with E-state index in [0.717, 1.165) is 31.8 Å². The van der Waals surface area contributed by atoms with E-state index in [1.54, 1.807) is 6.20 Å². The van der Waals surface area contributed by atoms with Gasteiger partial charge in [-0.05, 0) is 19.4 Å². The van der Waals surface area contributed by atoms with E-state index in [2.05, 4.69) is 24.1 Å². The third-order valence-electron chi connectivity index (χ3n) is 2.63. The van der Waals surface area contributed by atoms with Crippen molar-refractivity contribution in [1.29, 1.82) is 0 Å². The Balaban J connectivity index is 2.89. The molecule has 1 aromatic heterocycles. The summed E-state index contributed by atoms with van der Waals surface area (Å²) in [6, 6.07) is -0.221. The standard InChI is InChI=1S/C12H23N3O2S/c1-4-6-13-11(10-18(3,16)17)12-14-7-9-15(12)8-5-2/h7,9,11,13H,4-6,8,10H2,1-3H3. The molecule has 5 nitrogen and oxygen atoms in total. The predicted molar refractivity (Wildman–Crippen MR) is 73.3 cm³/mol. The zero-order valence-corrected chi connectivity index (χ0v) is 12.2. The highest BCUT2D eigenvalue weighted by atomic mass is 32.2. The van der Waals surface area contributed by atoms with Crippen LogP contribution in [0.5, 0.6) is 0 Å². The van der Waals surface area contributed by atoms with Gasteiger partial charge >= 0.3 is 0 Å². The van der Waals surface area contributed by atoms with Crippen molar-refractivity contribution in [2.24, 2.45) is 0 Å². The average Bonchev–Trinajstić information content (AvgIpc) is 2.71. The van der Waals surface area contributed by atoms with Gasteiger partial charge in [0.25, 0.3) is 0 Å². The van der Waals surface area contributed by atoms with Crippen LogP contribution in [0.4, 0.5) is 0 Å². The molecule has 0 amide bonds. The van der Waals surface area contributed by atoms with E-state index >= 15 is 0 Å². The lowest BCUT2D eigenvalue weighted by molar-refractivity contribution is 0.501. The lowest BCUT2D eigenvalue weighted by Crippen LogP contribution is -2.31. The van der Waals surface area contributed by atoms with Crippen LogP contribution in [0.2, 0.25) is 0 Å². The minimum Gasteiger partial charge on any atom is -0.334 e. The third kappa shape index (κ3) is 4.78. The zero-order chi connectivity index (χ0) is 13.6. The molecule has 6 heteroatoms. The molecule has 0 aromatic carbocycles. The Morgan fingerprint density at radius 1 is 1.39 bits per heavy atom. The van der Waals surface area contributed by atoms with Crippen molar-refractivity contribution in [3.63, 3.8) is 0 Å². The molecule has 0 aliphatic carbocycles. The van der Waals surface area contributed by atoms with Crippen LogP contribution in [-0.2, 0) is 16.4 Å². The fourth-order valence-corrected chi connectivity index (χ4v) is 2.78. The van der Waals surface area contributed by atoms with Gasteiger partial charge in [0.15, 0.2) is 0 Å². The number of aryl methyl sites for hydroxylation is 1. The Morgan fingerprint density at radius 3 is 2.67 bits per heavy atom. The molecule has 0 fully saturated rings. The number of nitrogens with one attached hydrogen (secondary N) is 1. The van der Waals surface area contributed by atoms with E-state index in [-0.39, 0.29) is 11.8 Å². The van der Waals surface area contributed by atoms with Gasteiger partial charge in [-0.3, -0.25) is 0 Å². The molecular weight excluding hydrogens is 250 g/mol. The second kappa shape index (κ2) is 6.89. The summed E-state index contributed by atoms with van der Waals surface area (Å²) in [6.45, 7) is 5.81. The molecule has 0 saturated carbocycles. The maximum Gasteiger partial charge on any atom is 0.149 e. The van der Waals surface area contributed by atoms with Gasteiger partial charge in [-0.15, -0.1) is 0 Å². The molecule has 0 aliphatic heterocycles. The van der Waals surface area contributed by atoms with E-state index in [9.17, 15) is 8.42 Å². The highest BCUT2D eigenvalue weighted by Crippen LogP contribution is 2.14. The Bertz CT molecular complexity index is 454. The fourth-order valence-electron chi connectivity index (χ4n) is 1.91. The van der Waals surface area contributed by atoms with Crippen LogP contribution in [0.25, 0.3) is 0 Å². The van der Waals surface area contributed by atoms with Crippen molar-refractivity contribution < 1.29 is 8.42 Å². The van der Waals surface area contributed by atoms with Crippen molar-refractivity contribution in [3.8, 4) is 0 Å². The molecule has 104 valence electrons. The van der Waals surface area contributed by atoms with E-state index in [1.807, 2.05) is 10.8 Å². The first-order chi connectivity index (χ1) is 8.48. The average molecular weight is 273 g/mol. The van der Waals surface area contributed by atoms with Crippen LogP contribution < -0.4 is 5.32 Å². The Hall–Kier alpha value is -0.880. The van der Waals surface area contributed by atoms with Crippen LogP contribution in [0.15, 0.2) is 12.4 Å². The molecule has 1 rings (SSSR count). The summed E-state index contributed by atoms with van der Waals surface area (Å²) in [5.41, 5.74) is 0. The second-order valence-electron chi connectivity index (χ2n) is 4.58. The summed E-state index contributed by atoms with van der Waals surface area (Å²) >= 11 is 0. The van der Waals surface area contributed by atoms with Gasteiger partial charge in [0.2, 0.25) is 0 Å². The molecule has 1 N–H and O–H groups in total. The molecule has 1 unspecified atom stereocenters. The Labute approximate surface area is 110 Å². The Kier molecular flexibility index (Phi) is 5.81. The van der Waals surface area contributed by atoms with Crippen LogP contribution >= 0.6 is 0 Å². The van der Waals surface area contributed by atoms with Crippen LogP contribution in [0.1, 0.15) is 38.6 Å². The lowest BCUT2D eigenvalue weighted by atomic mass is 10.3. The number of hydrogen-bond donors (Lipinski definition) is 1. The number of sulfone groups is 1. The zero-order valence-electron chi connectivity index (χ0n) is 11.4. The maximum atomic E-state index is 11.5.